The summed E-state index contributed by atoms with van der Waals surface area (Å²) < 4.78 is 1.81. The Labute approximate surface area is 169 Å². The Balaban J connectivity index is 0.00000210. The van der Waals surface area contributed by atoms with Crippen LogP contribution in [0.1, 0.15) is 60.1 Å². The molecule has 1 fully saturated rings. The molecule has 148 valence electrons. The van der Waals surface area contributed by atoms with Crippen LogP contribution in [0.2, 0.25) is 0 Å². The molecule has 1 amide bonds. The van der Waals surface area contributed by atoms with Gasteiger partial charge in [-0.3, -0.25) is 14.2 Å². The molecular formula is C19H27ClN4O2S. The molecule has 0 saturated heterocycles. The van der Waals surface area contributed by atoms with Gasteiger partial charge in [-0.2, -0.15) is 0 Å². The number of amides is 1. The van der Waals surface area contributed by atoms with Gasteiger partial charge in [-0.05, 0) is 51.0 Å². The fourth-order valence-corrected chi connectivity index (χ4v) is 5.07. The van der Waals surface area contributed by atoms with E-state index in [-0.39, 0.29) is 29.4 Å². The maximum atomic E-state index is 13.0. The zero-order chi connectivity index (χ0) is 18.5. The molecule has 4 rings (SSSR count). The minimum Gasteiger partial charge on any atom is -0.345 e. The molecule has 0 radical (unpaired) electrons. The number of hydrogen-bond acceptors (Lipinski definition) is 5. The van der Waals surface area contributed by atoms with Crippen molar-refractivity contribution in [3.63, 3.8) is 0 Å². The van der Waals surface area contributed by atoms with E-state index in [1.54, 1.807) is 0 Å². The van der Waals surface area contributed by atoms with E-state index in [2.05, 4.69) is 5.32 Å². The van der Waals surface area contributed by atoms with Crippen LogP contribution in [-0.4, -0.2) is 27.5 Å². The number of halogens is 1. The Bertz CT molecular complexity index is 934. The average molecular weight is 411 g/mol. The number of carbonyl (C=O) groups is 1. The van der Waals surface area contributed by atoms with E-state index in [1.807, 2.05) is 18.4 Å². The van der Waals surface area contributed by atoms with Gasteiger partial charge >= 0.3 is 0 Å². The Morgan fingerprint density at radius 1 is 1.37 bits per heavy atom. The van der Waals surface area contributed by atoms with Crippen LogP contribution in [0.5, 0.6) is 0 Å². The largest absolute Gasteiger partial charge is 0.345 e. The first-order valence-corrected chi connectivity index (χ1v) is 10.3. The summed E-state index contributed by atoms with van der Waals surface area (Å²) in [5.74, 6) is 1.17. The lowest BCUT2D eigenvalue weighted by molar-refractivity contribution is 0.0901. The van der Waals surface area contributed by atoms with Crippen LogP contribution in [0, 0.1) is 12.8 Å². The Hall–Kier alpha value is -1.44. The van der Waals surface area contributed by atoms with Crippen LogP contribution in [0.3, 0.4) is 0 Å². The summed E-state index contributed by atoms with van der Waals surface area (Å²) in [4.78, 5) is 32.0. The molecule has 2 aromatic heterocycles. The summed E-state index contributed by atoms with van der Waals surface area (Å²) in [6.07, 6.45) is 6.24. The van der Waals surface area contributed by atoms with E-state index in [1.165, 1.54) is 11.3 Å². The van der Waals surface area contributed by atoms with Gasteiger partial charge in [0.05, 0.1) is 15.8 Å². The van der Waals surface area contributed by atoms with E-state index in [9.17, 15) is 9.59 Å². The quantitative estimate of drug-likeness (QED) is 0.810. The molecule has 27 heavy (non-hydrogen) atoms. The SMILES string of the molecule is Cc1c(C(=O)NC(C)(CN)C2CC2)sc2nc3n(c(=O)c12)CCCCC3.Cl. The smallest absolute Gasteiger partial charge is 0.262 e. The van der Waals surface area contributed by atoms with Crippen molar-refractivity contribution in [1.82, 2.24) is 14.9 Å². The highest BCUT2D eigenvalue weighted by atomic mass is 35.5. The zero-order valence-electron chi connectivity index (χ0n) is 15.8. The number of fused-ring (bicyclic) bond motifs is 2. The van der Waals surface area contributed by atoms with Crippen LogP contribution in [0.4, 0.5) is 0 Å². The number of nitrogens with one attached hydrogen (secondary N) is 1. The van der Waals surface area contributed by atoms with E-state index in [0.717, 1.165) is 56.5 Å². The van der Waals surface area contributed by atoms with Gasteiger partial charge in [0, 0.05) is 19.5 Å². The van der Waals surface area contributed by atoms with Crippen molar-refractivity contribution in [2.45, 2.75) is 64.5 Å². The van der Waals surface area contributed by atoms with Gasteiger partial charge in [0.25, 0.3) is 11.5 Å². The zero-order valence-corrected chi connectivity index (χ0v) is 17.5. The highest BCUT2D eigenvalue weighted by Crippen LogP contribution is 2.39. The maximum Gasteiger partial charge on any atom is 0.262 e. The minimum atomic E-state index is -0.376. The first-order chi connectivity index (χ1) is 12.4. The second-order valence-corrected chi connectivity index (χ2v) is 8.88. The molecule has 3 heterocycles. The highest BCUT2D eigenvalue weighted by Gasteiger charge is 2.42. The number of rotatable bonds is 4. The number of hydrogen-bond donors (Lipinski definition) is 2. The van der Waals surface area contributed by atoms with Crippen molar-refractivity contribution in [3.05, 3.63) is 26.6 Å². The summed E-state index contributed by atoms with van der Waals surface area (Å²) in [7, 11) is 0. The van der Waals surface area contributed by atoms with Gasteiger partial charge in [0.15, 0.2) is 0 Å². The molecule has 6 nitrogen and oxygen atoms in total. The molecule has 0 aromatic carbocycles. The van der Waals surface area contributed by atoms with E-state index in [0.29, 0.717) is 27.6 Å². The predicted molar refractivity (Wildman–Crippen MR) is 111 cm³/mol. The Kier molecular flexibility index (Phi) is 5.66. The summed E-state index contributed by atoms with van der Waals surface area (Å²) >= 11 is 1.33. The predicted octanol–water partition coefficient (Wildman–Crippen LogP) is 2.77. The lowest BCUT2D eigenvalue weighted by Gasteiger charge is -2.29. The lowest BCUT2D eigenvalue weighted by Crippen LogP contribution is -2.53. The molecule has 1 aliphatic carbocycles. The fourth-order valence-electron chi connectivity index (χ4n) is 3.98. The van der Waals surface area contributed by atoms with Crippen molar-refractivity contribution in [1.29, 1.82) is 0 Å². The van der Waals surface area contributed by atoms with Gasteiger partial charge in [0.2, 0.25) is 0 Å². The first kappa shape index (κ1) is 20.3. The monoisotopic (exact) mass is 410 g/mol. The van der Waals surface area contributed by atoms with Crippen molar-refractivity contribution >= 4 is 39.9 Å². The van der Waals surface area contributed by atoms with E-state index >= 15 is 0 Å². The van der Waals surface area contributed by atoms with Crippen LogP contribution >= 0.6 is 23.7 Å². The standard InChI is InChI=1S/C19H26N4O2S.ClH/c1-11-14-17(21-13-6-4-3-5-9-23(13)18(14)25)26-15(11)16(24)22-19(2,10-20)12-7-8-12;/h12H,3-10,20H2,1-2H3,(H,22,24);1H. The second kappa shape index (κ2) is 7.53. The summed E-state index contributed by atoms with van der Waals surface area (Å²) in [6.45, 7) is 5.02. The molecule has 0 spiro atoms. The number of carbonyl (C=O) groups excluding carboxylic acids is 1. The Morgan fingerprint density at radius 2 is 2.11 bits per heavy atom. The number of nitrogens with two attached hydrogens (primary N) is 1. The molecule has 8 heteroatoms. The van der Waals surface area contributed by atoms with Gasteiger partial charge in [-0.15, -0.1) is 23.7 Å². The molecule has 2 aliphatic rings. The summed E-state index contributed by atoms with van der Waals surface area (Å²) in [6, 6.07) is 0. The van der Waals surface area contributed by atoms with Crippen molar-refractivity contribution in [2.24, 2.45) is 11.7 Å². The minimum absolute atomic E-state index is 0. The van der Waals surface area contributed by atoms with Gasteiger partial charge in [0.1, 0.15) is 10.7 Å². The third kappa shape index (κ3) is 3.52. The van der Waals surface area contributed by atoms with Crippen molar-refractivity contribution in [3.8, 4) is 0 Å². The number of aromatic nitrogens is 2. The molecule has 1 unspecified atom stereocenters. The van der Waals surface area contributed by atoms with Crippen molar-refractivity contribution < 1.29 is 4.79 Å². The Morgan fingerprint density at radius 3 is 2.78 bits per heavy atom. The molecule has 1 atom stereocenters. The summed E-state index contributed by atoms with van der Waals surface area (Å²) in [5.41, 5.74) is 6.30. The molecule has 3 N–H and O–H groups in total. The normalized spacial score (nSPS) is 18.9. The molecular weight excluding hydrogens is 384 g/mol. The third-order valence-electron chi connectivity index (χ3n) is 5.92. The summed E-state index contributed by atoms with van der Waals surface area (Å²) in [5, 5.41) is 3.74. The van der Waals surface area contributed by atoms with E-state index < -0.39 is 0 Å². The topological polar surface area (TPSA) is 90.0 Å². The second-order valence-electron chi connectivity index (χ2n) is 7.88. The van der Waals surface area contributed by atoms with E-state index in [4.69, 9.17) is 10.7 Å². The van der Waals surface area contributed by atoms with Crippen LogP contribution in [0.15, 0.2) is 4.79 Å². The molecule has 1 saturated carbocycles. The van der Waals surface area contributed by atoms with Crippen LogP contribution in [0.25, 0.3) is 10.2 Å². The van der Waals surface area contributed by atoms with Crippen LogP contribution < -0.4 is 16.6 Å². The fraction of sp³-hybridized carbons (Fsp3) is 0.632. The molecule has 0 bridgehead atoms. The number of thiophene rings is 1. The first-order valence-electron chi connectivity index (χ1n) is 9.50. The van der Waals surface area contributed by atoms with Crippen LogP contribution in [-0.2, 0) is 13.0 Å². The highest BCUT2D eigenvalue weighted by molar-refractivity contribution is 7.20. The van der Waals surface area contributed by atoms with Gasteiger partial charge in [-0.25, -0.2) is 4.98 Å². The lowest BCUT2D eigenvalue weighted by atomic mass is 9.95. The molecule has 2 aromatic rings. The van der Waals surface area contributed by atoms with Crippen molar-refractivity contribution in [2.75, 3.05) is 6.54 Å². The number of nitrogens with zero attached hydrogens (tertiary/aromatic N) is 2. The van der Waals surface area contributed by atoms with Gasteiger partial charge < -0.3 is 11.1 Å². The maximum absolute atomic E-state index is 13.0. The molecule has 1 aliphatic heterocycles. The number of aryl methyl sites for hydroxylation is 2. The van der Waals surface area contributed by atoms with Gasteiger partial charge in [-0.1, -0.05) is 6.42 Å². The average Bonchev–Trinajstić information content (AvgIpc) is 3.43. The third-order valence-corrected chi connectivity index (χ3v) is 7.10.